The van der Waals surface area contributed by atoms with Crippen LogP contribution in [0.15, 0.2) is 42.5 Å². The Kier molecular flexibility index (Phi) is 5.51. The molecule has 0 aliphatic heterocycles. The first-order valence-corrected chi connectivity index (χ1v) is 7.65. The fraction of sp³-hybridized carbons (Fsp3) is 0.368. The average molecular weight is 285 g/mol. The summed E-state index contributed by atoms with van der Waals surface area (Å²) in [4.78, 5) is 0. The Hall–Kier alpha value is -1.67. The molecule has 0 saturated carbocycles. The van der Waals surface area contributed by atoms with Crippen LogP contribution in [-0.2, 0) is 6.42 Å². The molecule has 1 unspecified atom stereocenters. The first-order valence-electron chi connectivity index (χ1n) is 7.65. The number of nitrogens with one attached hydrogen (secondary N) is 1. The highest BCUT2D eigenvalue weighted by molar-refractivity contribution is 5.28. The number of rotatable bonds is 6. The second-order valence-corrected chi connectivity index (χ2v) is 5.66. The van der Waals surface area contributed by atoms with Crippen molar-refractivity contribution in [1.82, 2.24) is 5.32 Å². The van der Waals surface area contributed by atoms with E-state index in [1.165, 1.54) is 11.1 Å². The van der Waals surface area contributed by atoms with Crippen molar-refractivity contribution in [3.8, 4) is 0 Å². The van der Waals surface area contributed by atoms with Crippen LogP contribution in [0.25, 0.3) is 0 Å². The highest BCUT2D eigenvalue weighted by Gasteiger charge is 2.15. The van der Waals surface area contributed by atoms with Gasteiger partial charge < -0.3 is 5.32 Å². The van der Waals surface area contributed by atoms with Gasteiger partial charge in [0.1, 0.15) is 5.82 Å². The van der Waals surface area contributed by atoms with Crippen LogP contribution in [0.1, 0.15) is 41.6 Å². The quantitative estimate of drug-likeness (QED) is 0.809. The molecular formula is C19H24FN. The largest absolute Gasteiger partial charge is 0.310 e. The van der Waals surface area contributed by atoms with Crippen LogP contribution in [0, 0.1) is 19.7 Å². The molecule has 0 heterocycles. The van der Waals surface area contributed by atoms with Gasteiger partial charge >= 0.3 is 0 Å². The molecule has 1 N–H and O–H groups in total. The van der Waals surface area contributed by atoms with E-state index in [-0.39, 0.29) is 11.9 Å². The fourth-order valence-corrected chi connectivity index (χ4v) is 2.61. The zero-order valence-corrected chi connectivity index (χ0v) is 13.1. The third kappa shape index (κ3) is 4.40. The topological polar surface area (TPSA) is 12.0 Å². The Morgan fingerprint density at radius 3 is 2.33 bits per heavy atom. The summed E-state index contributed by atoms with van der Waals surface area (Å²) in [5, 5.41) is 3.41. The molecule has 0 saturated heterocycles. The zero-order chi connectivity index (χ0) is 15.2. The third-order valence-corrected chi connectivity index (χ3v) is 3.82. The normalized spacial score (nSPS) is 12.4. The van der Waals surface area contributed by atoms with Crippen molar-refractivity contribution in [2.75, 3.05) is 6.54 Å². The van der Waals surface area contributed by atoms with Crippen molar-refractivity contribution in [2.45, 2.75) is 39.7 Å². The SMILES string of the molecule is CCNC(CCc1ccc(C)cc1)c1cc(C)ccc1F. The molecular weight excluding hydrogens is 261 g/mol. The summed E-state index contributed by atoms with van der Waals surface area (Å²) in [5.41, 5.74) is 4.46. The van der Waals surface area contributed by atoms with Crippen molar-refractivity contribution in [3.63, 3.8) is 0 Å². The molecule has 112 valence electrons. The summed E-state index contributed by atoms with van der Waals surface area (Å²) in [6.45, 7) is 7.00. The predicted octanol–water partition coefficient (Wildman–Crippen LogP) is 4.73. The van der Waals surface area contributed by atoms with Gasteiger partial charge in [0.15, 0.2) is 0 Å². The summed E-state index contributed by atoms with van der Waals surface area (Å²) in [6.07, 6.45) is 1.85. The number of benzene rings is 2. The molecule has 2 aromatic carbocycles. The van der Waals surface area contributed by atoms with Gasteiger partial charge in [0.25, 0.3) is 0 Å². The van der Waals surface area contributed by atoms with E-state index in [2.05, 4.69) is 43.4 Å². The van der Waals surface area contributed by atoms with Gasteiger partial charge in [-0.15, -0.1) is 0 Å². The lowest BCUT2D eigenvalue weighted by molar-refractivity contribution is 0.485. The van der Waals surface area contributed by atoms with E-state index in [0.717, 1.165) is 30.5 Å². The van der Waals surface area contributed by atoms with Crippen LogP contribution in [0.5, 0.6) is 0 Å². The van der Waals surface area contributed by atoms with Gasteiger partial charge in [-0.2, -0.15) is 0 Å². The van der Waals surface area contributed by atoms with Gasteiger partial charge in [0.2, 0.25) is 0 Å². The summed E-state index contributed by atoms with van der Waals surface area (Å²) in [5.74, 6) is -0.115. The van der Waals surface area contributed by atoms with E-state index < -0.39 is 0 Å². The van der Waals surface area contributed by atoms with Crippen LogP contribution in [-0.4, -0.2) is 6.54 Å². The highest BCUT2D eigenvalue weighted by Crippen LogP contribution is 2.23. The van der Waals surface area contributed by atoms with Crippen molar-refractivity contribution < 1.29 is 4.39 Å². The van der Waals surface area contributed by atoms with E-state index in [0.29, 0.717) is 0 Å². The molecule has 1 nitrogen and oxygen atoms in total. The Labute approximate surface area is 127 Å². The molecule has 0 fully saturated rings. The maximum absolute atomic E-state index is 14.1. The second-order valence-electron chi connectivity index (χ2n) is 5.66. The number of hydrogen-bond donors (Lipinski definition) is 1. The summed E-state index contributed by atoms with van der Waals surface area (Å²) >= 11 is 0. The molecule has 0 spiro atoms. The molecule has 0 amide bonds. The molecule has 21 heavy (non-hydrogen) atoms. The number of halogens is 1. The van der Waals surface area contributed by atoms with Crippen molar-refractivity contribution in [2.24, 2.45) is 0 Å². The Morgan fingerprint density at radius 1 is 1.00 bits per heavy atom. The van der Waals surface area contributed by atoms with Crippen LogP contribution in [0.3, 0.4) is 0 Å². The zero-order valence-electron chi connectivity index (χ0n) is 13.1. The van der Waals surface area contributed by atoms with E-state index in [1.54, 1.807) is 6.07 Å². The lowest BCUT2D eigenvalue weighted by atomic mass is 9.97. The minimum absolute atomic E-state index is 0.0659. The standard InChI is InChI=1S/C19H24FN/c1-4-21-19(17-13-15(3)7-11-18(17)20)12-10-16-8-5-14(2)6-9-16/h5-9,11,13,19,21H,4,10,12H2,1-3H3. The second kappa shape index (κ2) is 7.37. The Bertz CT molecular complexity index is 575. The highest BCUT2D eigenvalue weighted by atomic mass is 19.1. The average Bonchev–Trinajstić information content (AvgIpc) is 2.48. The summed E-state index contributed by atoms with van der Waals surface area (Å²) < 4.78 is 14.1. The number of aryl methyl sites for hydroxylation is 3. The first kappa shape index (κ1) is 15.7. The smallest absolute Gasteiger partial charge is 0.127 e. The van der Waals surface area contributed by atoms with Crippen molar-refractivity contribution in [3.05, 3.63) is 70.5 Å². The Balaban J connectivity index is 2.11. The molecule has 0 bridgehead atoms. The van der Waals surface area contributed by atoms with E-state index >= 15 is 0 Å². The van der Waals surface area contributed by atoms with Crippen molar-refractivity contribution in [1.29, 1.82) is 0 Å². The predicted molar refractivity (Wildman–Crippen MR) is 87.1 cm³/mol. The van der Waals surface area contributed by atoms with Crippen molar-refractivity contribution >= 4 is 0 Å². The lowest BCUT2D eigenvalue weighted by Crippen LogP contribution is -2.22. The molecule has 0 aliphatic carbocycles. The van der Waals surface area contributed by atoms with Crippen LogP contribution < -0.4 is 5.32 Å². The maximum Gasteiger partial charge on any atom is 0.127 e. The lowest BCUT2D eigenvalue weighted by Gasteiger charge is -2.19. The molecule has 2 aromatic rings. The van der Waals surface area contributed by atoms with E-state index in [1.807, 2.05) is 19.1 Å². The third-order valence-electron chi connectivity index (χ3n) is 3.82. The molecule has 0 radical (unpaired) electrons. The van der Waals surface area contributed by atoms with Crippen LogP contribution in [0.2, 0.25) is 0 Å². The van der Waals surface area contributed by atoms with Crippen LogP contribution in [0.4, 0.5) is 4.39 Å². The van der Waals surface area contributed by atoms with Gasteiger partial charge in [0, 0.05) is 11.6 Å². The molecule has 1 atom stereocenters. The molecule has 2 rings (SSSR count). The fourth-order valence-electron chi connectivity index (χ4n) is 2.61. The summed E-state index contributed by atoms with van der Waals surface area (Å²) in [6, 6.07) is 14.0. The van der Waals surface area contributed by atoms with Gasteiger partial charge in [-0.25, -0.2) is 4.39 Å². The van der Waals surface area contributed by atoms with E-state index in [4.69, 9.17) is 0 Å². The monoisotopic (exact) mass is 285 g/mol. The van der Waals surface area contributed by atoms with Gasteiger partial charge in [-0.1, -0.05) is 54.4 Å². The van der Waals surface area contributed by atoms with Crippen LogP contribution >= 0.6 is 0 Å². The van der Waals surface area contributed by atoms with Gasteiger partial charge in [0.05, 0.1) is 0 Å². The molecule has 0 aliphatic rings. The molecule has 2 heteroatoms. The van der Waals surface area contributed by atoms with Gasteiger partial charge in [-0.3, -0.25) is 0 Å². The van der Waals surface area contributed by atoms with Gasteiger partial charge in [-0.05, 0) is 44.9 Å². The minimum atomic E-state index is -0.115. The first-order chi connectivity index (χ1) is 10.1. The molecule has 0 aromatic heterocycles. The minimum Gasteiger partial charge on any atom is -0.310 e. The Morgan fingerprint density at radius 2 is 1.67 bits per heavy atom. The summed E-state index contributed by atoms with van der Waals surface area (Å²) in [7, 11) is 0. The maximum atomic E-state index is 14.1. The number of hydrogen-bond acceptors (Lipinski definition) is 1. The van der Waals surface area contributed by atoms with E-state index in [9.17, 15) is 4.39 Å².